The summed E-state index contributed by atoms with van der Waals surface area (Å²) in [5, 5.41) is 15.3. The SMILES string of the molecule is C=C1C[C@@H](C(=O)O)N(CC2=C(C(=O)OCC)C(c3ccc(F)cc3Br)N=C(c3nccs3)N2)C1. The summed E-state index contributed by atoms with van der Waals surface area (Å²) in [5.41, 5.74) is 2.06. The Hall–Kier alpha value is -2.89. The van der Waals surface area contributed by atoms with E-state index in [1.807, 2.05) is 0 Å². The molecule has 1 saturated heterocycles. The lowest BCUT2D eigenvalue weighted by atomic mass is 9.95. The number of aromatic nitrogens is 1. The van der Waals surface area contributed by atoms with Gasteiger partial charge in [-0.15, -0.1) is 11.3 Å². The van der Waals surface area contributed by atoms with Crippen LogP contribution in [0.5, 0.6) is 0 Å². The number of carboxylic acids is 1. The van der Waals surface area contributed by atoms with Crippen molar-refractivity contribution >= 4 is 45.0 Å². The fourth-order valence-corrected chi connectivity index (χ4v) is 5.20. The van der Waals surface area contributed by atoms with E-state index in [1.54, 1.807) is 29.5 Å². The number of carboxylic acid groups (broad SMARTS) is 1. The van der Waals surface area contributed by atoms with E-state index in [1.165, 1.54) is 23.5 Å². The molecule has 1 aromatic carbocycles. The third-order valence-corrected chi connectivity index (χ3v) is 6.98. The third-order valence-electron chi connectivity index (χ3n) is 5.51. The maximum absolute atomic E-state index is 13.8. The normalized spacial score (nSPS) is 20.8. The molecule has 1 fully saturated rings. The van der Waals surface area contributed by atoms with Gasteiger partial charge in [0.2, 0.25) is 0 Å². The average molecular weight is 549 g/mol. The molecule has 2 aliphatic rings. The van der Waals surface area contributed by atoms with E-state index in [0.717, 1.165) is 5.57 Å². The number of benzene rings is 1. The number of ether oxygens (including phenoxy) is 1. The van der Waals surface area contributed by atoms with Crippen molar-refractivity contribution in [1.82, 2.24) is 15.2 Å². The number of esters is 1. The van der Waals surface area contributed by atoms with E-state index in [-0.39, 0.29) is 18.7 Å². The van der Waals surface area contributed by atoms with Crippen LogP contribution < -0.4 is 5.32 Å². The Labute approximate surface area is 208 Å². The maximum atomic E-state index is 13.8. The Morgan fingerprint density at radius 1 is 1.44 bits per heavy atom. The van der Waals surface area contributed by atoms with Gasteiger partial charge in [-0.2, -0.15) is 0 Å². The van der Waals surface area contributed by atoms with Crippen molar-refractivity contribution in [2.24, 2.45) is 4.99 Å². The standard InChI is InChI=1S/C23H22BrFN4O4S/c1-3-33-23(32)18-16(11-29-10-12(2)8-17(29)22(30)31)27-20(21-26-6-7-34-21)28-19(18)14-5-4-13(25)9-15(14)24/h4-7,9,17,19H,2-3,8,10-11H2,1H3,(H,27,28)(H,30,31)/t17-,19?/m0/s1. The fraction of sp³-hybridized carbons (Fsp3) is 0.304. The van der Waals surface area contributed by atoms with Gasteiger partial charge in [-0.25, -0.2) is 14.2 Å². The number of hydrogen-bond donors (Lipinski definition) is 2. The predicted molar refractivity (Wildman–Crippen MR) is 129 cm³/mol. The lowest BCUT2D eigenvalue weighted by Crippen LogP contribution is -2.43. The summed E-state index contributed by atoms with van der Waals surface area (Å²) in [7, 11) is 0. The van der Waals surface area contributed by atoms with Crippen LogP contribution in [-0.2, 0) is 14.3 Å². The van der Waals surface area contributed by atoms with E-state index in [9.17, 15) is 19.1 Å². The van der Waals surface area contributed by atoms with Gasteiger partial charge in [-0.3, -0.25) is 14.7 Å². The highest BCUT2D eigenvalue weighted by molar-refractivity contribution is 9.10. The number of carbonyl (C=O) groups is 2. The lowest BCUT2D eigenvalue weighted by molar-refractivity contribution is -0.142. The fourth-order valence-electron chi connectivity index (χ4n) is 4.04. The summed E-state index contributed by atoms with van der Waals surface area (Å²) >= 11 is 4.76. The Morgan fingerprint density at radius 2 is 2.24 bits per heavy atom. The molecule has 1 aromatic heterocycles. The minimum atomic E-state index is -0.959. The van der Waals surface area contributed by atoms with Gasteiger partial charge < -0.3 is 15.2 Å². The molecule has 11 heteroatoms. The van der Waals surface area contributed by atoms with Gasteiger partial charge in [0.1, 0.15) is 17.9 Å². The quantitative estimate of drug-likeness (QED) is 0.401. The molecular weight excluding hydrogens is 527 g/mol. The van der Waals surface area contributed by atoms with E-state index in [2.05, 4.69) is 32.8 Å². The highest BCUT2D eigenvalue weighted by Gasteiger charge is 2.38. The zero-order valence-corrected chi connectivity index (χ0v) is 20.7. The summed E-state index contributed by atoms with van der Waals surface area (Å²) in [6, 6.07) is 2.59. The van der Waals surface area contributed by atoms with Crippen LogP contribution in [-0.4, -0.2) is 58.5 Å². The molecule has 178 valence electrons. The van der Waals surface area contributed by atoms with Crippen molar-refractivity contribution in [3.05, 3.63) is 74.1 Å². The molecule has 0 saturated carbocycles. The molecule has 2 atom stereocenters. The van der Waals surface area contributed by atoms with Gasteiger partial charge in [0, 0.05) is 34.8 Å². The van der Waals surface area contributed by atoms with E-state index >= 15 is 0 Å². The Morgan fingerprint density at radius 3 is 2.88 bits per heavy atom. The molecule has 0 aliphatic carbocycles. The monoisotopic (exact) mass is 548 g/mol. The first-order valence-corrected chi connectivity index (χ1v) is 12.2. The highest BCUT2D eigenvalue weighted by Crippen LogP contribution is 2.37. The molecule has 0 amide bonds. The summed E-state index contributed by atoms with van der Waals surface area (Å²) < 4.78 is 19.6. The molecular formula is C23H22BrFN4O4S. The van der Waals surface area contributed by atoms with Crippen LogP contribution in [0.2, 0.25) is 0 Å². The number of nitrogens with zero attached hydrogens (tertiary/aromatic N) is 3. The van der Waals surface area contributed by atoms with Crippen molar-refractivity contribution in [3.63, 3.8) is 0 Å². The average Bonchev–Trinajstić information content (AvgIpc) is 3.43. The molecule has 1 unspecified atom stereocenters. The largest absolute Gasteiger partial charge is 0.480 e. The van der Waals surface area contributed by atoms with Gasteiger partial charge in [-0.05, 0) is 31.0 Å². The van der Waals surface area contributed by atoms with E-state index in [4.69, 9.17) is 9.73 Å². The second-order valence-corrected chi connectivity index (χ2v) is 9.58. The second kappa shape index (κ2) is 10.2. The first kappa shape index (κ1) is 24.2. The first-order chi connectivity index (χ1) is 16.3. The van der Waals surface area contributed by atoms with Gasteiger partial charge in [-0.1, -0.05) is 34.1 Å². The number of hydrogen-bond acceptors (Lipinski definition) is 8. The predicted octanol–water partition coefficient (Wildman–Crippen LogP) is 3.67. The summed E-state index contributed by atoms with van der Waals surface area (Å²) in [4.78, 5) is 35.8. The lowest BCUT2D eigenvalue weighted by Gasteiger charge is -2.30. The van der Waals surface area contributed by atoms with Crippen molar-refractivity contribution in [1.29, 1.82) is 0 Å². The minimum absolute atomic E-state index is 0.129. The molecule has 0 bridgehead atoms. The summed E-state index contributed by atoms with van der Waals surface area (Å²) in [6.45, 7) is 6.30. The maximum Gasteiger partial charge on any atom is 0.338 e. The van der Waals surface area contributed by atoms with Crippen molar-refractivity contribution in [2.75, 3.05) is 19.7 Å². The van der Waals surface area contributed by atoms with E-state index < -0.39 is 29.8 Å². The van der Waals surface area contributed by atoms with Crippen LogP contribution in [0.3, 0.4) is 0 Å². The number of likely N-dealkylation sites (tertiary alicyclic amines) is 1. The highest BCUT2D eigenvalue weighted by atomic mass is 79.9. The Bertz CT molecular complexity index is 1200. The molecule has 2 N–H and O–H groups in total. The molecule has 0 radical (unpaired) electrons. The van der Waals surface area contributed by atoms with Crippen molar-refractivity contribution in [2.45, 2.75) is 25.4 Å². The van der Waals surface area contributed by atoms with Crippen LogP contribution >= 0.6 is 27.3 Å². The number of nitrogens with one attached hydrogen (secondary N) is 1. The van der Waals surface area contributed by atoms with Gasteiger partial charge in [0.15, 0.2) is 10.8 Å². The van der Waals surface area contributed by atoms with Crippen LogP contribution in [0.25, 0.3) is 0 Å². The van der Waals surface area contributed by atoms with Crippen LogP contribution in [0, 0.1) is 5.82 Å². The van der Waals surface area contributed by atoms with E-state index in [0.29, 0.717) is 39.5 Å². The van der Waals surface area contributed by atoms with Crippen LogP contribution in [0.4, 0.5) is 4.39 Å². The van der Waals surface area contributed by atoms with Crippen molar-refractivity contribution < 1.29 is 23.8 Å². The van der Waals surface area contributed by atoms with Gasteiger partial charge in [0.25, 0.3) is 0 Å². The molecule has 34 heavy (non-hydrogen) atoms. The zero-order valence-electron chi connectivity index (χ0n) is 18.3. The number of carbonyl (C=O) groups excluding carboxylic acids is 1. The van der Waals surface area contributed by atoms with Crippen LogP contribution in [0.1, 0.15) is 30.0 Å². The minimum Gasteiger partial charge on any atom is -0.480 e. The summed E-state index contributed by atoms with van der Waals surface area (Å²) in [6.07, 6.45) is 1.97. The smallest absolute Gasteiger partial charge is 0.338 e. The molecule has 2 aromatic rings. The Kier molecular flexibility index (Phi) is 7.24. The third kappa shape index (κ3) is 4.96. The van der Waals surface area contributed by atoms with Crippen LogP contribution in [0.15, 0.2) is 62.7 Å². The number of halogens is 2. The zero-order chi connectivity index (χ0) is 24.4. The second-order valence-electron chi connectivity index (χ2n) is 7.83. The van der Waals surface area contributed by atoms with Gasteiger partial charge in [0.05, 0.1) is 12.2 Å². The number of thiazole rings is 1. The molecule has 3 heterocycles. The number of aliphatic carboxylic acids is 1. The number of amidine groups is 1. The summed E-state index contributed by atoms with van der Waals surface area (Å²) in [5.74, 6) is -1.54. The van der Waals surface area contributed by atoms with Crippen molar-refractivity contribution in [3.8, 4) is 0 Å². The Balaban J connectivity index is 1.84. The molecule has 8 nitrogen and oxygen atoms in total. The first-order valence-electron chi connectivity index (χ1n) is 10.5. The number of aliphatic imine (C=N–C) groups is 1. The molecule has 2 aliphatic heterocycles. The topological polar surface area (TPSA) is 104 Å². The number of rotatable bonds is 7. The molecule has 4 rings (SSSR count). The molecule has 0 spiro atoms. The van der Waals surface area contributed by atoms with Gasteiger partial charge >= 0.3 is 11.9 Å².